The molecule has 1 heterocycles. The molecule has 0 saturated carbocycles. The quantitative estimate of drug-likeness (QED) is 0.843. The predicted molar refractivity (Wildman–Crippen MR) is 99.8 cm³/mol. The Bertz CT molecular complexity index is 714. The Morgan fingerprint density at radius 1 is 1.00 bits per heavy atom. The summed E-state index contributed by atoms with van der Waals surface area (Å²) in [5, 5.41) is 5.60. The van der Waals surface area contributed by atoms with E-state index in [4.69, 9.17) is 0 Å². The molecule has 25 heavy (non-hydrogen) atoms. The second-order valence-electron chi connectivity index (χ2n) is 6.59. The fourth-order valence-electron chi connectivity index (χ4n) is 2.64. The highest BCUT2D eigenvalue weighted by atomic mass is 16.2. The van der Waals surface area contributed by atoms with E-state index in [1.165, 1.54) is 6.20 Å². The van der Waals surface area contributed by atoms with Crippen molar-refractivity contribution in [2.75, 3.05) is 11.9 Å². The minimum Gasteiger partial charge on any atom is -0.343 e. The molecule has 0 unspecified atom stereocenters. The number of aromatic nitrogens is 1. The monoisotopic (exact) mass is 339 g/mol. The van der Waals surface area contributed by atoms with Crippen LogP contribution in [0.1, 0.15) is 61.0 Å². The van der Waals surface area contributed by atoms with Crippen molar-refractivity contribution < 1.29 is 9.59 Å². The molecule has 0 saturated heterocycles. The SMILES string of the molecule is CC(C)c1cccc(C(C)C)c1NC(=O)CNC(=O)c1cccnc1. The van der Waals surface area contributed by atoms with Crippen LogP contribution in [0.15, 0.2) is 42.7 Å². The lowest BCUT2D eigenvalue weighted by Crippen LogP contribution is -2.33. The molecule has 5 heteroatoms. The first-order chi connectivity index (χ1) is 11.9. The molecule has 0 fully saturated rings. The lowest BCUT2D eigenvalue weighted by Gasteiger charge is -2.20. The van der Waals surface area contributed by atoms with E-state index in [9.17, 15) is 9.59 Å². The van der Waals surface area contributed by atoms with Gasteiger partial charge in [-0.05, 0) is 35.1 Å². The fraction of sp³-hybridized carbons (Fsp3) is 0.350. The van der Waals surface area contributed by atoms with E-state index < -0.39 is 0 Å². The van der Waals surface area contributed by atoms with Gasteiger partial charge in [-0.1, -0.05) is 45.9 Å². The van der Waals surface area contributed by atoms with Gasteiger partial charge in [0, 0.05) is 18.1 Å². The molecule has 132 valence electrons. The van der Waals surface area contributed by atoms with Crippen LogP contribution in [0.4, 0.5) is 5.69 Å². The number of anilines is 1. The van der Waals surface area contributed by atoms with Crippen LogP contribution in [0.2, 0.25) is 0 Å². The Balaban J connectivity index is 2.09. The number of benzene rings is 1. The number of amides is 2. The van der Waals surface area contributed by atoms with Gasteiger partial charge in [-0.25, -0.2) is 0 Å². The number of hydrogen-bond acceptors (Lipinski definition) is 3. The highest BCUT2D eigenvalue weighted by Crippen LogP contribution is 2.32. The van der Waals surface area contributed by atoms with E-state index in [1.54, 1.807) is 18.3 Å². The summed E-state index contributed by atoms with van der Waals surface area (Å²) in [6, 6.07) is 9.42. The highest BCUT2D eigenvalue weighted by molar-refractivity contribution is 5.99. The summed E-state index contributed by atoms with van der Waals surface area (Å²) < 4.78 is 0. The second kappa shape index (κ2) is 8.42. The van der Waals surface area contributed by atoms with Crippen molar-refractivity contribution in [3.8, 4) is 0 Å². The number of pyridine rings is 1. The average Bonchev–Trinajstić information content (AvgIpc) is 2.60. The van der Waals surface area contributed by atoms with Crippen molar-refractivity contribution in [2.45, 2.75) is 39.5 Å². The number of nitrogens with zero attached hydrogens (tertiary/aromatic N) is 1. The number of para-hydroxylation sites is 1. The first-order valence-corrected chi connectivity index (χ1v) is 8.51. The van der Waals surface area contributed by atoms with E-state index >= 15 is 0 Å². The molecule has 0 atom stereocenters. The van der Waals surface area contributed by atoms with Crippen LogP contribution >= 0.6 is 0 Å². The van der Waals surface area contributed by atoms with Crippen LogP contribution in [-0.4, -0.2) is 23.3 Å². The van der Waals surface area contributed by atoms with E-state index in [-0.39, 0.29) is 18.4 Å². The molecule has 1 aromatic heterocycles. The molecule has 0 aliphatic heterocycles. The van der Waals surface area contributed by atoms with Crippen LogP contribution in [0.5, 0.6) is 0 Å². The molecule has 5 nitrogen and oxygen atoms in total. The third-order valence-electron chi connectivity index (χ3n) is 3.97. The van der Waals surface area contributed by atoms with Crippen LogP contribution in [-0.2, 0) is 4.79 Å². The molecular formula is C20H25N3O2. The molecule has 0 spiro atoms. The third-order valence-corrected chi connectivity index (χ3v) is 3.97. The maximum absolute atomic E-state index is 12.4. The van der Waals surface area contributed by atoms with Gasteiger partial charge in [-0.15, -0.1) is 0 Å². The zero-order chi connectivity index (χ0) is 18.4. The topological polar surface area (TPSA) is 71.1 Å². The molecule has 2 aromatic rings. The van der Waals surface area contributed by atoms with Crippen molar-refractivity contribution in [2.24, 2.45) is 0 Å². The first kappa shape index (κ1) is 18.6. The lowest BCUT2D eigenvalue weighted by molar-refractivity contribution is -0.115. The van der Waals surface area contributed by atoms with Gasteiger partial charge in [0.15, 0.2) is 0 Å². The first-order valence-electron chi connectivity index (χ1n) is 8.51. The zero-order valence-electron chi connectivity index (χ0n) is 15.2. The number of carbonyl (C=O) groups excluding carboxylic acids is 2. The molecule has 2 amide bonds. The maximum Gasteiger partial charge on any atom is 0.253 e. The van der Waals surface area contributed by atoms with Crippen LogP contribution in [0, 0.1) is 0 Å². The van der Waals surface area contributed by atoms with Gasteiger partial charge in [0.1, 0.15) is 0 Å². The summed E-state index contributed by atoms with van der Waals surface area (Å²) in [6.45, 7) is 8.30. The van der Waals surface area contributed by atoms with Crippen LogP contribution in [0.25, 0.3) is 0 Å². The van der Waals surface area contributed by atoms with Crippen molar-refractivity contribution in [3.05, 3.63) is 59.4 Å². The lowest BCUT2D eigenvalue weighted by atomic mass is 9.92. The van der Waals surface area contributed by atoms with Gasteiger partial charge >= 0.3 is 0 Å². The standard InChI is InChI=1S/C20H25N3O2/c1-13(2)16-8-5-9-17(14(3)4)19(16)23-18(24)12-22-20(25)15-7-6-10-21-11-15/h5-11,13-14H,12H2,1-4H3,(H,22,25)(H,23,24). The summed E-state index contributed by atoms with van der Waals surface area (Å²) in [5.41, 5.74) is 3.48. The average molecular weight is 339 g/mol. The molecule has 2 rings (SSSR count). The smallest absolute Gasteiger partial charge is 0.253 e. The van der Waals surface area contributed by atoms with E-state index in [0.717, 1.165) is 16.8 Å². The van der Waals surface area contributed by atoms with Gasteiger partial charge in [0.05, 0.1) is 12.1 Å². The van der Waals surface area contributed by atoms with Gasteiger partial charge in [-0.3, -0.25) is 14.6 Å². The summed E-state index contributed by atoms with van der Waals surface area (Å²) in [4.78, 5) is 28.3. The second-order valence-corrected chi connectivity index (χ2v) is 6.59. The Morgan fingerprint density at radius 3 is 2.16 bits per heavy atom. The minimum absolute atomic E-state index is 0.0856. The van der Waals surface area contributed by atoms with E-state index in [0.29, 0.717) is 17.4 Å². The summed E-state index contributed by atoms with van der Waals surface area (Å²) >= 11 is 0. The Morgan fingerprint density at radius 2 is 1.64 bits per heavy atom. The van der Waals surface area contributed by atoms with Crippen molar-refractivity contribution >= 4 is 17.5 Å². The minimum atomic E-state index is -0.315. The Labute approximate surface area is 148 Å². The number of nitrogens with one attached hydrogen (secondary N) is 2. The Kier molecular flexibility index (Phi) is 6.28. The maximum atomic E-state index is 12.4. The normalized spacial score (nSPS) is 10.8. The van der Waals surface area contributed by atoms with Gasteiger partial charge in [0.25, 0.3) is 5.91 Å². The number of rotatable bonds is 6. The largest absolute Gasteiger partial charge is 0.343 e. The van der Waals surface area contributed by atoms with Crippen LogP contribution in [0.3, 0.4) is 0 Å². The van der Waals surface area contributed by atoms with Crippen molar-refractivity contribution in [1.29, 1.82) is 0 Å². The summed E-state index contributed by atoms with van der Waals surface area (Å²) in [5.74, 6) is 0.0229. The van der Waals surface area contributed by atoms with E-state index in [1.807, 2.05) is 18.2 Å². The molecule has 0 radical (unpaired) electrons. The molecule has 1 aromatic carbocycles. The Hall–Kier alpha value is -2.69. The number of carbonyl (C=O) groups is 2. The number of hydrogen-bond donors (Lipinski definition) is 2. The zero-order valence-corrected chi connectivity index (χ0v) is 15.2. The molecular weight excluding hydrogens is 314 g/mol. The van der Waals surface area contributed by atoms with Gasteiger partial charge in [0.2, 0.25) is 5.91 Å². The van der Waals surface area contributed by atoms with Crippen LogP contribution < -0.4 is 10.6 Å². The molecule has 0 bridgehead atoms. The highest BCUT2D eigenvalue weighted by Gasteiger charge is 2.16. The molecule has 2 N–H and O–H groups in total. The summed E-state index contributed by atoms with van der Waals surface area (Å²) in [6.07, 6.45) is 3.07. The van der Waals surface area contributed by atoms with Gasteiger partial charge in [-0.2, -0.15) is 0 Å². The molecule has 0 aliphatic carbocycles. The predicted octanol–water partition coefficient (Wildman–Crippen LogP) is 3.70. The third kappa shape index (κ3) is 4.89. The van der Waals surface area contributed by atoms with Crippen molar-refractivity contribution in [3.63, 3.8) is 0 Å². The molecule has 0 aliphatic rings. The van der Waals surface area contributed by atoms with Crippen molar-refractivity contribution in [1.82, 2.24) is 10.3 Å². The summed E-state index contributed by atoms with van der Waals surface area (Å²) in [7, 11) is 0. The van der Waals surface area contributed by atoms with Gasteiger partial charge < -0.3 is 10.6 Å². The fourth-order valence-corrected chi connectivity index (χ4v) is 2.64. The van der Waals surface area contributed by atoms with E-state index in [2.05, 4.69) is 43.3 Å².